The van der Waals surface area contributed by atoms with Crippen molar-refractivity contribution in [3.63, 3.8) is 0 Å². The standard InChI is InChI=1S/C22H22F2N4O2/c23-15-4-3-13(9-16(15)24)27-21-19-17(6-8-26-22(19)29)28-20(21)14-5-7-25-10-18(14)30-11-12-1-2-12/h3-4,7,9-10,12,14,27-28H,1-2,5-6,8,11H2,(H,26,29). The summed E-state index contributed by atoms with van der Waals surface area (Å²) in [6.07, 6.45) is 7.18. The third kappa shape index (κ3) is 3.58. The Labute approximate surface area is 172 Å². The van der Waals surface area contributed by atoms with Crippen molar-refractivity contribution in [1.82, 2.24) is 10.3 Å². The second kappa shape index (κ2) is 7.59. The van der Waals surface area contributed by atoms with Crippen LogP contribution in [-0.2, 0) is 11.2 Å². The van der Waals surface area contributed by atoms with E-state index in [4.69, 9.17) is 4.74 Å². The van der Waals surface area contributed by atoms with Crippen molar-refractivity contribution >= 4 is 23.5 Å². The number of nitrogens with zero attached hydrogens (tertiary/aromatic N) is 1. The van der Waals surface area contributed by atoms with Crippen LogP contribution >= 0.6 is 0 Å². The summed E-state index contributed by atoms with van der Waals surface area (Å²) in [6, 6.07) is 3.60. The minimum Gasteiger partial charge on any atom is -0.495 e. The maximum absolute atomic E-state index is 13.8. The second-order valence-corrected chi connectivity index (χ2v) is 7.93. The van der Waals surface area contributed by atoms with E-state index in [0.717, 1.165) is 29.3 Å². The maximum Gasteiger partial charge on any atom is 0.255 e. The molecule has 1 aliphatic carbocycles. The summed E-state index contributed by atoms with van der Waals surface area (Å²) < 4.78 is 33.2. The lowest BCUT2D eigenvalue weighted by Gasteiger charge is -2.22. The van der Waals surface area contributed by atoms with Gasteiger partial charge in [-0.05, 0) is 37.3 Å². The number of aliphatic imine (C=N–C) groups is 1. The van der Waals surface area contributed by atoms with Crippen LogP contribution in [0.15, 0.2) is 35.2 Å². The fourth-order valence-corrected chi connectivity index (χ4v) is 3.91. The number of hydrogen-bond acceptors (Lipinski definition) is 4. The molecule has 2 aliphatic heterocycles. The molecule has 1 fully saturated rings. The van der Waals surface area contributed by atoms with Gasteiger partial charge in [0.25, 0.3) is 5.91 Å². The molecule has 1 amide bonds. The zero-order chi connectivity index (χ0) is 20.7. The van der Waals surface area contributed by atoms with Crippen molar-refractivity contribution in [3.8, 4) is 0 Å². The Balaban J connectivity index is 1.53. The van der Waals surface area contributed by atoms with Gasteiger partial charge in [-0.3, -0.25) is 9.79 Å². The number of carbonyl (C=O) groups is 1. The number of H-pyrrole nitrogens is 1. The van der Waals surface area contributed by atoms with Crippen LogP contribution in [0.4, 0.5) is 20.2 Å². The molecule has 5 rings (SSSR count). The van der Waals surface area contributed by atoms with Crippen molar-refractivity contribution in [2.24, 2.45) is 10.9 Å². The number of hydrogen-bond donors (Lipinski definition) is 3. The van der Waals surface area contributed by atoms with E-state index in [-0.39, 0.29) is 11.8 Å². The summed E-state index contributed by atoms with van der Waals surface area (Å²) in [5.41, 5.74) is 3.04. The average molecular weight is 412 g/mol. The van der Waals surface area contributed by atoms with Gasteiger partial charge >= 0.3 is 0 Å². The third-order valence-corrected chi connectivity index (χ3v) is 5.71. The summed E-state index contributed by atoms with van der Waals surface area (Å²) in [5, 5.41) is 6.00. The molecule has 0 bridgehead atoms. The van der Waals surface area contributed by atoms with Crippen molar-refractivity contribution in [3.05, 3.63) is 58.7 Å². The van der Waals surface area contributed by atoms with E-state index in [2.05, 4.69) is 20.6 Å². The van der Waals surface area contributed by atoms with Crippen LogP contribution in [0.5, 0.6) is 0 Å². The van der Waals surface area contributed by atoms with E-state index in [9.17, 15) is 13.6 Å². The van der Waals surface area contributed by atoms with Crippen LogP contribution < -0.4 is 10.6 Å². The predicted molar refractivity (Wildman–Crippen MR) is 109 cm³/mol. The predicted octanol–water partition coefficient (Wildman–Crippen LogP) is 4.15. The van der Waals surface area contributed by atoms with Crippen LogP contribution in [0.3, 0.4) is 0 Å². The van der Waals surface area contributed by atoms with E-state index < -0.39 is 11.6 Å². The number of allylic oxidation sites excluding steroid dienone is 1. The molecule has 1 atom stereocenters. The topological polar surface area (TPSA) is 78.5 Å². The number of rotatable bonds is 6. The first-order valence-corrected chi connectivity index (χ1v) is 10.2. The highest BCUT2D eigenvalue weighted by atomic mass is 19.2. The lowest BCUT2D eigenvalue weighted by molar-refractivity contribution is 0.0947. The minimum atomic E-state index is -0.950. The molecule has 1 unspecified atom stereocenters. The van der Waals surface area contributed by atoms with E-state index >= 15 is 0 Å². The summed E-state index contributed by atoms with van der Waals surface area (Å²) in [6.45, 7) is 1.20. The monoisotopic (exact) mass is 412 g/mol. The molecule has 3 aliphatic rings. The first kappa shape index (κ1) is 18.8. The van der Waals surface area contributed by atoms with Crippen LogP contribution in [0.1, 0.15) is 46.9 Å². The van der Waals surface area contributed by atoms with Gasteiger partial charge in [0.1, 0.15) is 5.76 Å². The van der Waals surface area contributed by atoms with E-state index in [1.165, 1.54) is 18.9 Å². The quantitative estimate of drug-likeness (QED) is 0.667. The Morgan fingerprint density at radius 3 is 2.90 bits per heavy atom. The molecule has 0 radical (unpaired) electrons. The Hall–Kier alpha value is -3.16. The summed E-state index contributed by atoms with van der Waals surface area (Å²) in [5.74, 6) is -0.868. The molecular weight excluding hydrogens is 390 g/mol. The van der Waals surface area contributed by atoms with Crippen molar-refractivity contribution < 1.29 is 18.3 Å². The number of ether oxygens (including phenoxy) is 1. The summed E-state index contributed by atoms with van der Waals surface area (Å²) in [4.78, 5) is 20.3. The highest BCUT2D eigenvalue weighted by Crippen LogP contribution is 2.41. The smallest absolute Gasteiger partial charge is 0.255 e. The molecule has 1 saturated carbocycles. The number of amides is 1. The summed E-state index contributed by atoms with van der Waals surface area (Å²) >= 11 is 0. The van der Waals surface area contributed by atoms with E-state index in [1.54, 1.807) is 6.20 Å². The van der Waals surface area contributed by atoms with Crippen molar-refractivity contribution in [2.75, 3.05) is 18.5 Å². The van der Waals surface area contributed by atoms with Crippen molar-refractivity contribution in [2.45, 2.75) is 31.6 Å². The Kier molecular flexibility index (Phi) is 4.77. The number of halogens is 2. The van der Waals surface area contributed by atoms with Gasteiger partial charge in [0.05, 0.1) is 35.7 Å². The highest BCUT2D eigenvalue weighted by Gasteiger charge is 2.33. The molecule has 3 heterocycles. The Morgan fingerprint density at radius 2 is 2.10 bits per heavy atom. The van der Waals surface area contributed by atoms with Gasteiger partial charge in [-0.1, -0.05) is 0 Å². The average Bonchev–Trinajstić information content (AvgIpc) is 3.50. The molecule has 156 valence electrons. The number of benzene rings is 1. The molecule has 30 heavy (non-hydrogen) atoms. The molecule has 6 nitrogen and oxygen atoms in total. The van der Waals surface area contributed by atoms with Crippen molar-refractivity contribution in [1.29, 1.82) is 0 Å². The Morgan fingerprint density at radius 1 is 1.23 bits per heavy atom. The van der Waals surface area contributed by atoms with Gasteiger partial charge in [-0.25, -0.2) is 8.78 Å². The number of carbonyl (C=O) groups excluding carboxylic acids is 1. The fraction of sp³-hybridized carbons (Fsp3) is 0.364. The van der Waals surface area contributed by atoms with Crippen LogP contribution in [0.2, 0.25) is 0 Å². The van der Waals surface area contributed by atoms with Gasteiger partial charge in [0.2, 0.25) is 0 Å². The molecule has 3 N–H and O–H groups in total. The lowest BCUT2D eigenvalue weighted by Crippen LogP contribution is -2.31. The number of aromatic amines is 1. The summed E-state index contributed by atoms with van der Waals surface area (Å²) in [7, 11) is 0. The lowest BCUT2D eigenvalue weighted by atomic mass is 9.95. The number of anilines is 2. The van der Waals surface area contributed by atoms with Gasteiger partial charge in [0, 0.05) is 36.6 Å². The van der Waals surface area contributed by atoms with Gasteiger partial charge in [-0.15, -0.1) is 0 Å². The second-order valence-electron chi connectivity index (χ2n) is 7.93. The van der Waals surface area contributed by atoms with E-state index in [1.807, 2.05) is 6.21 Å². The molecule has 8 heteroatoms. The zero-order valence-electron chi connectivity index (χ0n) is 16.3. The van der Waals surface area contributed by atoms with Gasteiger partial charge in [0.15, 0.2) is 11.6 Å². The molecule has 1 aromatic heterocycles. The minimum absolute atomic E-state index is 0.146. The molecule has 0 saturated heterocycles. The third-order valence-electron chi connectivity index (χ3n) is 5.71. The number of aromatic nitrogens is 1. The highest BCUT2D eigenvalue weighted by molar-refractivity contribution is 6.03. The van der Waals surface area contributed by atoms with Crippen LogP contribution in [-0.4, -0.2) is 30.3 Å². The maximum atomic E-state index is 13.8. The molecule has 1 aromatic carbocycles. The normalized spacial score (nSPS) is 20.4. The largest absolute Gasteiger partial charge is 0.495 e. The van der Waals surface area contributed by atoms with Gasteiger partial charge < -0.3 is 20.4 Å². The first-order valence-electron chi connectivity index (χ1n) is 10.2. The van der Waals surface area contributed by atoms with Gasteiger partial charge in [-0.2, -0.15) is 0 Å². The fourth-order valence-electron chi connectivity index (χ4n) is 3.91. The van der Waals surface area contributed by atoms with Crippen LogP contribution in [0.25, 0.3) is 0 Å². The first-order chi connectivity index (χ1) is 14.6. The van der Waals surface area contributed by atoms with Crippen LogP contribution in [0, 0.1) is 17.6 Å². The number of nitrogens with one attached hydrogen (secondary N) is 3. The van der Waals surface area contributed by atoms with E-state index in [0.29, 0.717) is 48.8 Å². The molecule has 0 spiro atoms. The number of fused-ring (bicyclic) bond motifs is 1. The zero-order valence-corrected chi connectivity index (χ0v) is 16.3. The SMILES string of the molecule is O=C1NCCc2[nH]c(C3CC=NC=C3OCC3CC3)c(Nc3ccc(F)c(F)c3)c21. The molecule has 2 aromatic rings. The molecular formula is C22H22F2N4O2. The Bertz CT molecular complexity index is 1060.